The first kappa shape index (κ1) is 16.2. The molecule has 5 nitrogen and oxygen atoms in total. The lowest BCUT2D eigenvalue weighted by molar-refractivity contribution is -0.117. The number of hydrogen-bond donors (Lipinski definition) is 3. The van der Waals surface area contributed by atoms with E-state index >= 15 is 0 Å². The quantitative estimate of drug-likeness (QED) is 0.772. The van der Waals surface area contributed by atoms with Crippen molar-refractivity contribution in [3.05, 3.63) is 23.8 Å². The number of nitrogens with one attached hydrogen (secondary N) is 2. The molecule has 0 atom stereocenters. The Morgan fingerprint density at radius 2 is 1.65 bits per heavy atom. The molecule has 0 radical (unpaired) electrons. The van der Waals surface area contributed by atoms with Gasteiger partial charge in [0.15, 0.2) is 0 Å². The largest absolute Gasteiger partial charge is 0.326 e. The number of rotatable bonds is 5. The van der Waals surface area contributed by atoms with Crippen LogP contribution in [0.5, 0.6) is 0 Å². The van der Waals surface area contributed by atoms with Gasteiger partial charge >= 0.3 is 0 Å². The highest BCUT2D eigenvalue weighted by Crippen LogP contribution is 2.24. The first-order chi connectivity index (χ1) is 9.23. The Hall–Kier alpha value is -1.88. The van der Waals surface area contributed by atoms with E-state index in [9.17, 15) is 9.59 Å². The van der Waals surface area contributed by atoms with Crippen LogP contribution in [0, 0.1) is 6.92 Å². The van der Waals surface area contributed by atoms with Crippen molar-refractivity contribution in [3.63, 3.8) is 0 Å². The molecule has 0 aliphatic rings. The molecule has 0 aliphatic heterocycles. The third-order valence-corrected chi connectivity index (χ3v) is 2.82. The van der Waals surface area contributed by atoms with Gasteiger partial charge in [-0.1, -0.05) is 13.0 Å². The third-order valence-electron chi connectivity index (χ3n) is 2.82. The average molecular weight is 277 g/mol. The van der Waals surface area contributed by atoms with Crippen LogP contribution in [-0.4, -0.2) is 17.4 Å². The Balaban J connectivity index is 2.84. The van der Waals surface area contributed by atoms with Crippen LogP contribution in [0.4, 0.5) is 11.4 Å². The average Bonchev–Trinajstić information content (AvgIpc) is 2.31. The SMILES string of the molecule is CCC(=O)Nc1cccc(NC(=O)CC(C)(C)N)c1C. The number of carbonyl (C=O) groups excluding carboxylic acids is 2. The molecule has 4 N–H and O–H groups in total. The van der Waals surface area contributed by atoms with E-state index in [0.29, 0.717) is 17.8 Å². The van der Waals surface area contributed by atoms with Crippen molar-refractivity contribution >= 4 is 23.2 Å². The van der Waals surface area contributed by atoms with Crippen molar-refractivity contribution in [2.24, 2.45) is 5.73 Å². The summed E-state index contributed by atoms with van der Waals surface area (Å²) in [5.41, 5.74) is 7.50. The van der Waals surface area contributed by atoms with Gasteiger partial charge in [0.25, 0.3) is 0 Å². The molecule has 0 saturated heterocycles. The van der Waals surface area contributed by atoms with E-state index in [2.05, 4.69) is 10.6 Å². The maximum Gasteiger partial charge on any atom is 0.226 e. The van der Waals surface area contributed by atoms with Crippen LogP contribution in [0.3, 0.4) is 0 Å². The predicted octanol–water partition coefficient (Wildman–Crippen LogP) is 2.41. The molecule has 1 aromatic carbocycles. The van der Waals surface area contributed by atoms with E-state index in [1.807, 2.05) is 13.0 Å². The Morgan fingerprint density at radius 1 is 1.15 bits per heavy atom. The summed E-state index contributed by atoms with van der Waals surface area (Å²) < 4.78 is 0. The molecule has 20 heavy (non-hydrogen) atoms. The Bertz CT molecular complexity index is 504. The second kappa shape index (κ2) is 6.52. The smallest absolute Gasteiger partial charge is 0.226 e. The zero-order chi connectivity index (χ0) is 15.3. The lowest BCUT2D eigenvalue weighted by Crippen LogP contribution is -2.36. The molecule has 0 heterocycles. The molecule has 0 bridgehead atoms. The molecule has 5 heteroatoms. The van der Waals surface area contributed by atoms with Crippen molar-refractivity contribution in [2.75, 3.05) is 10.6 Å². The molecule has 110 valence electrons. The van der Waals surface area contributed by atoms with E-state index < -0.39 is 5.54 Å². The normalized spacial score (nSPS) is 11.1. The topological polar surface area (TPSA) is 84.2 Å². The number of nitrogens with two attached hydrogens (primary N) is 1. The highest BCUT2D eigenvalue weighted by atomic mass is 16.2. The van der Waals surface area contributed by atoms with Crippen LogP contribution in [0.2, 0.25) is 0 Å². The summed E-state index contributed by atoms with van der Waals surface area (Å²) in [6, 6.07) is 5.41. The summed E-state index contributed by atoms with van der Waals surface area (Å²) in [4.78, 5) is 23.3. The summed E-state index contributed by atoms with van der Waals surface area (Å²) in [6.45, 7) is 7.25. The van der Waals surface area contributed by atoms with Crippen LogP contribution < -0.4 is 16.4 Å². The van der Waals surface area contributed by atoms with Gasteiger partial charge in [0.1, 0.15) is 0 Å². The van der Waals surface area contributed by atoms with Crippen LogP contribution in [0.25, 0.3) is 0 Å². The van der Waals surface area contributed by atoms with Gasteiger partial charge in [-0.2, -0.15) is 0 Å². The van der Waals surface area contributed by atoms with E-state index in [0.717, 1.165) is 5.56 Å². The minimum Gasteiger partial charge on any atom is -0.326 e. The lowest BCUT2D eigenvalue weighted by Gasteiger charge is -2.19. The fraction of sp³-hybridized carbons (Fsp3) is 0.467. The number of amides is 2. The van der Waals surface area contributed by atoms with E-state index in [1.165, 1.54) is 0 Å². The van der Waals surface area contributed by atoms with Gasteiger partial charge in [0, 0.05) is 29.8 Å². The van der Waals surface area contributed by atoms with Gasteiger partial charge < -0.3 is 16.4 Å². The number of anilines is 2. The molecule has 0 fully saturated rings. The van der Waals surface area contributed by atoms with Crippen molar-refractivity contribution in [1.82, 2.24) is 0 Å². The summed E-state index contributed by atoms with van der Waals surface area (Å²) in [5.74, 6) is -0.195. The molecular weight excluding hydrogens is 254 g/mol. The second-order valence-electron chi connectivity index (χ2n) is 5.59. The number of carbonyl (C=O) groups is 2. The Labute approximate surface area is 119 Å². The molecule has 0 aliphatic carbocycles. The minimum atomic E-state index is -0.550. The van der Waals surface area contributed by atoms with Crippen LogP contribution >= 0.6 is 0 Å². The molecular formula is C15H23N3O2. The van der Waals surface area contributed by atoms with Crippen molar-refractivity contribution < 1.29 is 9.59 Å². The highest BCUT2D eigenvalue weighted by molar-refractivity contribution is 5.96. The van der Waals surface area contributed by atoms with Crippen molar-refractivity contribution in [3.8, 4) is 0 Å². The van der Waals surface area contributed by atoms with E-state index in [-0.39, 0.29) is 18.2 Å². The molecule has 0 spiro atoms. The van der Waals surface area contributed by atoms with Gasteiger partial charge in [-0.05, 0) is 38.5 Å². The second-order valence-corrected chi connectivity index (χ2v) is 5.59. The Morgan fingerprint density at radius 3 is 2.10 bits per heavy atom. The van der Waals surface area contributed by atoms with E-state index in [4.69, 9.17) is 5.73 Å². The van der Waals surface area contributed by atoms with Gasteiger partial charge in [-0.25, -0.2) is 0 Å². The fourth-order valence-corrected chi connectivity index (χ4v) is 1.75. The highest BCUT2D eigenvalue weighted by Gasteiger charge is 2.17. The summed E-state index contributed by atoms with van der Waals surface area (Å²) in [6.07, 6.45) is 0.648. The molecule has 0 saturated carbocycles. The van der Waals surface area contributed by atoms with Gasteiger partial charge in [0.05, 0.1) is 0 Å². The molecule has 1 aromatic rings. The standard InChI is InChI=1S/C15H23N3O2/c1-5-13(19)17-11-7-6-8-12(10(11)2)18-14(20)9-15(3,4)16/h6-8H,5,9,16H2,1-4H3,(H,17,19)(H,18,20). The van der Waals surface area contributed by atoms with E-state index in [1.54, 1.807) is 32.9 Å². The van der Waals surface area contributed by atoms with Crippen LogP contribution in [-0.2, 0) is 9.59 Å². The fourth-order valence-electron chi connectivity index (χ4n) is 1.75. The van der Waals surface area contributed by atoms with Crippen molar-refractivity contribution in [1.29, 1.82) is 0 Å². The van der Waals surface area contributed by atoms with Crippen molar-refractivity contribution in [2.45, 2.75) is 46.1 Å². The first-order valence-electron chi connectivity index (χ1n) is 6.71. The number of hydrogen-bond acceptors (Lipinski definition) is 3. The van der Waals surface area contributed by atoms with Gasteiger partial charge in [0.2, 0.25) is 11.8 Å². The lowest BCUT2D eigenvalue weighted by atomic mass is 10.0. The van der Waals surface area contributed by atoms with Crippen LogP contribution in [0.15, 0.2) is 18.2 Å². The van der Waals surface area contributed by atoms with Gasteiger partial charge in [-0.15, -0.1) is 0 Å². The predicted molar refractivity (Wildman–Crippen MR) is 81.6 cm³/mol. The third kappa shape index (κ3) is 5.01. The monoisotopic (exact) mass is 277 g/mol. The first-order valence-corrected chi connectivity index (χ1v) is 6.71. The summed E-state index contributed by atoms with van der Waals surface area (Å²) >= 11 is 0. The molecule has 0 aromatic heterocycles. The zero-order valence-corrected chi connectivity index (χ0v) is 12.5. The molecule has 1 rings (SSSR count). The van der Waals surface area contributed by atoms with Gasteiger partial charge in [-0.3, -0.25) is 9.59 Å². The maximum absolute atomic E-state index is 11.9. The number of benzene rings is 1. The Kier molecular flexibility index (Phi) is 5.27. The maximum atomic E-state index is 11.9. The minimum absolute atomic E-state index is 0.0559. The molecule has 0 unspecified atom stereocenters. The zero-order valence-electron chi connectivity index (χ0n) is 12.5. The summed E-state index contributed by atoms with van der Waals surface area (Å²) in [5, 5.41) is 5.64. The molecule has 2 amide bonds. The summed E-state index contributed by atoms with van der Waals surface area (Å²) in [7, 11) is 0. The van der Waals surface area contributed by atoms with Crippen LogP contribution in [0.1, 0.15) is 39.2 Å².